The fourth-order valence-corrected chi connectivity index (χ4v) is 4.24. The smallest absolute Gasteiger partial charge is 0.240 e. The number of sulfonamides is 1. The van der Waals surface area contributed by atoms with Crippen molar-refractivity contribution >= 4 is 21.7 Å². The minimum absolute atomic E-state index is 0.0329. The molecule has 26 heavy (non-hydrogen) atoms. The summed E-state index contributed by atoms with van der Waals surface area (Å²) in [6.07, 6.45) is 8.05. The van der Waals surface area contributed by atoms with Crippen molar-refractivity contribution in [1.82, 2.24) is 10.0 Å². The lowest BCUT2D eigenvalue weighted by Crippen LogP contribution is -2.37. The van der Waals surface area contributed by atoms with Crippen LogP contribution in [0.4, 0.5) is 0 Å². The van der Waals surface area contributed by atoms with Gasteiger partial charge in [0.15, 0.2) is 5.78 Å². The van der Waals surface area contributed by atoms with Crippen LogP contribution in [0.1, 0.15) is 68.6 Å². The monoisotopic (exact) mass is 380 g/mol. The number of carbonyl (C=O) groups is 2. The Kier molecular flexibility index (Phi) is 7.78. The zero-order valence-corrected chi connectivity index (χ0v) is 16.1. The maximum absolute atomic E-state index is 12.3. The minimum Gasteiger partial charge on any atom is -0.353 e. The van der Waals surface area contributed by atoms with E-state index in [0.717, 1.165) is 25.7 Å². The van der Waals surface area contributed by atoms with E-state index in [9.17, 15) is 18.0 Å². The summed E-state index contributed by atoms with van der Waals surface area (Å²) in [4.78, 5) is 23.5. The van der Waals surface area contributed by atoms with E-state index < -0.39 is 10.0 Å². The Morgan fingerprint density at radius 1 is 1.08 bits per heavy atom. The maximum atomic E-state index is 12.3. The molecule has 0 aliphatic heterocycles. The second-order valence-corrected chi connectivity index (χ2v) is 8.61. The van der Waals surface area contributed by atoms with Crippen molar-refractivity contribution in [1.29, 1.82) is 0 Å². The number of hydrogen-bond acceptors (Lipinski definition) is 4. The average molecular weight is 381 g/mol. The topological polar surface area (TPSA) is 92.3 Å². The van der Waals surface area contributed by atoms with Crippen LogP contribution in [0.15, 0.2) is 29.2 Å². The van der Waals surface area contributed by atoms with Crippen molar-refractivity contribution in [3.63, 3.8) is 0 Å². The van der Waals surface area contributed by atoms with E-state index in [0.29, 0.717) is 5.56 Å². The summed E-state index contributed by atoms with van der Waals surface area (Å²) in [5.74, 6) is -0.323. The Bertz CT molecular complexity index is 723. The van der Waals surface area contributed by atoms with Crippen LogP contribution in [0.25, 0.3) is 0 Å². The Morgan fingerprint density at radius 3 is 2.38 bits per heavy atom. The molecule has 2 N–H and O–H groups in total. The van der Waals surface area contributed by atoms with Gasteiger partial charge in [-0.1, -0.05) is 44.2 Å². The van der Waals surface area contributed by atoms with Crippen LogP contribution in [0, 0.1) is 0 Å². The summed E-state index contributed by atoms with van der Waals surface area (Å²) in [7, 11) is -3.74. The maximum Gasteiger partial charge on any atom is 0.240 e. The van der Waals surface area contributed by atoms with Crippen molar-refractivity contribution in [2.45, 2.75) is 69.2 Å². The Balaban J connectivity index is 1.82. The van der Waals surface area contributed by atoms with Crippen LogP contribution in [-0.2, 0) is 14.8 Å². The summed E-state index contributed by atoms with van der Waals surface area (Å²) in [5, 5.41) is 3.02. The third kappa shape index (κ3) is 6.53. The molecule has 1 aromatic carbocycles. The lowest BCUT2D eigenvalue weighted by molar-refractivity contribution is -0.121. The number of benzene rings is 1. The Morgan fingerprint density at radius 2 is 1.73 bits per heavy atom. The molecule has 0 unspecified atom stereocenters. The number of Topliss-reactive ketones (excluding diaryl/α,β-unsaturated/α-hetero) is 1. The van der Waals surface area contributed by atoms with Crippen LogP contribution in [-0.4, -0.2) is 32.7 Å². The normalized spacial score (nSPS) is 16.5. The van der Waals surface area contributed by atoms with Crippen LogP contribution in [0.5, 0.6) is 0 Å². The standard InChI is InChI=1S/C19H28N2O4S/c1-15(22)16-8-7-11-18(14-16)26(24,25)20-13-12-19(23)21-17-9-5-3-2-4-6-10-17/h7-8,11,14,17,20H,2-6,9-10,12-13H2,1H3,(H,21,23). The first-order valence-electron chi connectivity index (χ1n) is 9.28. The fraction of sp³-hybridized carbons (Fsp3) is 0.579. The van der Waals surface area contributed by atoms with E-state index in [1.165, 1.54) is 44.4 Å². The largest absolute Gasteiger partial charge is 0.353 e. The summed E-state index contributed by atoms with van der Waals surface area (Å²) in [5.41, 5.74) is 0.342. The molecule has 1 amide bonds. The summed E-state index contributed by atoms with van der Waals surface area (Å²) < 4.78 is 27.0. The van der Waals surface area contributed by atoms with E-state index in [1.54, 1.807) is 6.07 Å². The van der Waals surface area contributed by atoms with Crippen molar-refractivity contribution in [3.8, 4) is 0 Å². The Hall–Kier alpha value is -1.73. The number of carbonyl (C=O) groups excluding carboxylic acids is 2. The van der Waals surface area contributed by atoms with E-state index in [2.05, 4.69) is 10.0 Å². The molecule has 6 nitrogen and oxygen atoms in total. The van der Waals surface area contributed by atoms with Crippen molar-refractivity contribution < 1.29 is 18.0 Å². The van der Waals surface area contributed by atoms with Crippen LogP contribution in [0.3, 0.4) is 0 Å². The predicted octanol–water partition coefficient (Wildman–Crippen LogP) is 2.79. The SMILES string of the molecule is CC(=O)c1cccc(S(=O)(=O)NCCC(=O)NC2CCCCCCC2)c1. The van der Waals surface area contributed by atoms with Gasteiger partial charge in [0, 0.05) is 24.6 Å². The lowest BCUT2D eigenvalue weighted by atomic mass is 9.96. The van der Waals surface area contributed by atoms with Gasteiger partial charge in [-0.25, -0.2) is 13.1 Å². The quantitative estimate of drug-likeness (QED) is 0.712. The van der Waals surface area contributed by atoms with Gasteiger partial charge in [-0.15, -0.1) is 0 Å². The first-order chi connectivity index (χ1) is 12.4. The zero-order valence-electron chi connectivity index (χ0n) is 15.3. The van der Waals surface area contributed by atoms with Gasteiger partial charge >= 0.3 is 0 Å². The van der Waals surface area contributed by atoms with Gasteiger partial charge in [0.25, 0.3) is 0 Å². The molecule has 0 heterocycles. The summed E-state index contributed by atoms with van der Waals surface area (Å²) in [6, 6.07) is 6.09. The lowest BCUT2D eigenvalue weighted by Gasteiger charge is -2.21. The van der Waals surface area contributed by atoms with Crippen molar-refractivity contribution in [3.05, 3.63) is 29.8 Å². The van der Waals surface area contributed by atoms with Gasteiger partial charge in [0.2, 0.25) is 15.9 Å². The van der Waals surface area contributed by atoms with E-state index >= 15 is 0 Å². The molecule has 0 aromatic heterocycles. The molecule has 0 saturated heterocycles. The number of ketones is 1. The fourth-order valence-electron chi connectivity index (χ4n) is 3.16. The minimum atomic E-state index is -3.74. The molecule has 1 saturated carbocycles. The molecule has 1 aliphatic carbocycles. The van der Waals surface area contributed by atoms with Crippen molar-refractivity contribution in [2.24, 2.45) is 0 Å². The van der Waals surface area contributed by atoms with Gasteiger partial charge in [0.05, 0.1) is 4.90 Å². The predicted molar refractivity (Wildman–Crippen MR) is 101 cm³/mol. The molecular weight excluding hydrogens is 352 g/mol. The molecule has 1 aromatic rings. The zero-order chi connectivity index (χ0) is 19.0. The molecule has 1 fully saturated rings. The molecule has 0 atom stereocenters. The number of amides is 1. The molecule has 1 aliphatic rings. The summed E-state index contributed by atoms with van der Waals surface area (Å²) >= 11 is 0. The molecular formula is C19H28N2O4S. The van der Waals surface area contributed by atoms with Crippen LogP contribution >= 0.6 is 0 Å². The van der Waals surface area contributed by atoms with E-state index in [-0.39, 0.29) is 35.6 Å². The third-order valence-electron chi connectivity index (χ3n) is 4.67. The highest BCUT2D eigenvalue weighted by Gasteiger charge is 2.17. The third-order valence-corrected chi connectivity index (χ3v) is 6.12. The van der Waals surface area contributed by atoms with Gasteiger partial charge in [-0.3, -0.25) is 9.59 Å². The molecule has 2 rings (SSSR count). The molecule has 0 radical (unpaired) electrons. The number of rotatable bonds is 7. The highest BCUT2D eigenvalue weighted by molar-refractivity contribution is 7.89. The van der Waals surface area contributed by atoms with E-state index in [4.69, 9.17) is 0 Å². The highest BCUT2D eigenvalue weighted by atomic mass is 32.2. The molecule has 0 spiro atoms. The number of hydrogen-bond donors (Lipinski definition) is 2. The first-order valence-corrected chi connectivity index (χ1v) is 10.8. The first kappa shape index (κ1) is 20.6. The molecule has 144 valence electrons. The summed E-state index contributed by atoms with van der Waals surface area (Å²) in [6.45, 7) is 1.42. The van der Waals surface area contributed by atoms with Crippen LogP contribution < -0.4 is 10.0 Å². The van der Waals surface area contributed by atoms with Gasteiger partial charge < -0.3 is 5.32 Å². The van der Waals surface area contributed by atoms with Gasteiger partial charge in [-0.2, -0.15) is 0 Å². The average Bonchev–Trinajstić information content (AvgIpc) is 2.57. The molecule has 0 bridgehead atoms. The number of nitrogens with one attached hydrogen (secondary N) is 2. The van der Waals surface area contributed by atoms with E-state index in [1.807, 2.05) is 0 Å². The molecule has 7 heteroatoms. The second-order valence-electron chi connectivity index (χ2n) is 6.84. The Labute approximate surface area is 155 Å². The van der Waals surface area contributed by atoms with Gasteiger partial charge in [0.1, 0.15) is 0 Å². The van der Waals surface area contributed by atoms with Crippen LogP contribution in [0.2, 0.25) is 0 Å². The van der Waals surface area contributed by atoms with Crippen molar-refractivity contribution in [2.75, 3.05) is 6.54 Å². The van der Waals surface area contributed by atoms with Gasteiger partial charge in [-0.05, 0) is 31.9 Å². The highest BCUT2D eigenvalue weighted by Crippen LogP contribution is 2.17. The second kappa shape index (κ2) is 9.83.